The van der Waals surface area contributed by atoms with Crippen LogP contribution in [-0.2, 0) is 6.42 Å². The summed E-state index contributed by atoms with van der Waals surface area (Å²) < 4.78 is 0. The normalized spacial score (nSPS) is 17.9. The van der Waals surface area contributed by atoms with Gasteiger partial charge in [0.1, 0.15) is 4.88 Å². The van der Waals surface area contributed by atoms with Gasteiger partial charge in [0.05, 0.1) is 10.7 Å². The highest BCUT2D eigenvalue weighted by atomic mass is 32.1. The molecule has 1 atom stereocenters. The number of hydrogen-bond donors (Lipinski definition) is 1. The summed E-state index contributed by atoms with van der Waals surface area (Å²) in [6, 6.07) is 10.4. The topological polar surface area (TPSA) is 53.4 Å². The van der Waals surface area contributed by atoms with Gasteiger partial charge in [0.2, 0.25) is 0 Å². The number of amides is 1. The molecule has 1 aliphatic rings. The van der Waals surface area contributed by atoms with Crippen molar-refractivity contribution in [3.63, 3.8) is 0 Å². The molecule has 0 spiro atoms. The molecule has 0 radical (unpaired) electrons. The quantitative estimate of drug-likeness (QED) is 0.904. The number of aryl methyl sites for hydroxylation is 1. The van der Waals surface area contributed by atoms with Gasteiger partial charge in [-0.1, -0.05) is 30.3 Å². The van der Waals surface area contributed by atoms with Crippen LogP contribution in [0.1, 0.15) is 51.6 Å². The molecular weight excluding hydrogens is 320 g/mol. The lowest BCUT2D eigenvalue weighted by Crippen LogP contribution is -2.44. The maximum Gasteiger partial charge on any atom is 0.266 e. The number of thiazole rings is 1. The average molecular weight is 344 g/mol. The lowest BCUT2D eigenvalue weighted by Gasteiger charge is -2.35. The van der Waals surface area contributed by atoms with Crippen LogP contribution >= 0.6 is 11.3 Å². The van der Waals surface area contributed by atoms with Crippen LogP contribution in [0.4, 0.5) is 0 Å². The summed E-state index contributed by atoms with van der Waals surface area (Å²) >= 11 is 1.51. The first-order valence-corrected chi connectivity index (χ1v) is 9.42. The van der Waals surface area contributed by atoms with E-state index in [-0.39, 0.29) is 18.6 Å². The second kappa shape index (κ2) is 7.90. The molecule has 1 saturated heterocycles. The summed E-state index contributed by atoms with van der Waals surface area (Å²) in [6.45, 7) is 2.84. The molecule has 1 amide bonds. The summed E-state index contributed by atoms with van der Waals surface area (Å²) in [7, 11) is 0. The molecule has 2 heterocycles. The van der Waals surface area contributed by atoms with Crippen LogP contribution in [-0.4, -0.2) is 40.1 Å². The van der Waals surface area contributed by atoms with Gasteiger partial charge in [-0.3, -0.25) is 4.79 Å². The molecule has 24 heavy (non-hydrogen) atoms. The van der Waals surface area contributed by atoms with E-state index in [1.807, 2.05) is 30.0 Å². The van der Waals surface area contributed by atoms with Crippen molar-refractivity contribution in [3.8, 4) is 0 Å². The third-order valence-corrected chi connectivity index (χ3v) is 5.73. The van der Waals surface area contributed by atoms with Gasteiger partial charge in [-0.25, -0.2) is 4.98 Å². The highest BCUT2D eigenvalue weighted by molar-refractivity contribution is 7.13. The molecule has 2 aromatic rings. The maximum atomic E-state index is 13.0. The molecule has 128 valence electrons. The summed E-state index contributed by atoms with van der Waals surface area (Å²) in [4.78, 5) is 20.3. The predicted octanol–water partition coefficient (Wildman–Crippen LogP) is 3.42. The number of nitrogens with zero attached hydrogens (tertiary/aromatic N) is 2. The minimum absolute atomic E-state index is 0.0856. The van der Waals surface area contributed by atoms with E-state index in [9.17, 15) is 9.90 Å². The van der Waals surface area contributed by atoms with Crippen molar-refractivity contribution in [2.45, 2.75) is 45.1 Å². The zero-order valence-electron chi connectivity index (χ0n) is 14.1. The molecule has 1 aromatic heterocycles. The summed E-state index contributed by atoms with van der Waals surface area (Å²) in [6.07, 6.45) is 4.60. The van der Waals surface area contributed by atoms with E-state index < -0.39 is 0 Å². The Labute approximate surface area is 147 Å². The Morgan fingerprint density at radius 3 is 2.88 bits per heavy atom. The third kappa shape index (κ3) is 3.84. The van der Waals surface area contributed by atoms with Gasteiger partial charge in [-0.05, 0) is 38.2 Å². The van der Waals surface area contributed by atoms with Crippen LogP contribution < -0.4 is 0 Å². The van der Waals surface area contributed by atoms with Gasteiger partial charge in [0.15, 0.2) is 0 Å². The third-order valence-electron chi connectivity index (χ3n) is 4.58. The van der Waals surface area contributed by atoms with Crippen LogP contribution in [0.25, 0.3) is 0 Å². The van der Waals surface area contributed by atoms with Crippen molar-refractivity contribution >= 4 is 17.2 Å². The fourth-order valence-electron chi connectivity index (χ4n) is 3.34. The highest BCUT2D eigenvalue weighted by Crippen LogP contribution is 2.27. The number of benzene rings is 1. The van der Waals surface area contributed by atoms with Crippen molar-refractivity contribution in [2.75, 3.05) is 13.2 Å². The maximum absolute atomic E-state index is 13.0. The molecule has 0 aliphatic carbocycles. The van der Waals surface area contributed by atoms with Gasteiger partial charge in [0.25, 0.3) is 5.91 Å². The Hall–Kier alpha value is -1.72. The van der Waals surface area contributed by atoms with E-state index >= 15 is 0 Å². The molecule has 1 fully saturated rings. The number of aromatic nitrogens is 1. The first kappa shape index (κ1) is 17.1. The van der Waals surface area contributed by atoms with Crippen LogP contribution in [0.15, 0.2) is 30.3 Å². The molecule has 1 N–H and O–H groups in total. The van der Waals surface area contributed by atoms with E-state index in [1.54, 1.807) is 0 Å². The van der Waals surface area contributed by atoms with Crippen molar-refractivity contribution in [3.05, 3.63) is 51.5 Å². The fraction of sp³-hybridized carbons (Fsp3) is 0.474. The SMILES string of the molecule is Cc1nc(Cc2ccccc2)sc1C(=O)N1CCCCC1CCO. The van der Waals surface area contributed by atoms with Gasteiger partial charge >= 0.3 is 0 Å². The fourth-order valence-corrected chi connectivity index (χ4v) is 4.40. The highest BCUT2D eigenvalue weighted by Gasteiger charge is 2.29. The Morgan fingerprint density at radius 1 is 1.33 bits per heavy atom. The number of carbonyl (C=O) groups is 1. The van der Waals surface area contributed by atoms with E-state index in [0.717, 1.165) is 47.8 Å². The first-order valence-electron chi connectivity index (χ1n) is 8.61. The zero-order valence-corrected chi connectivity index (χ0v) is 14.9. The second-order valence-electron chi connectivity index (χ2n) is 6.34. The lowest BCUT2D eigenvalue weighted by molar-refractivity contribution is 0.0578. The standard InChI is InChI=1S/C19H24N2O2S/c1-14-18(19(23)21-11-6-5-9-16(21)10-12-22)24-17(20-14)13-15-7-3-2-4-8-15/h2-4,7-8,16,22H,5-6,9-13H2,1H3. The number of aliphatic hydroxyl groups is 1. The van der Waals surface area contributed by atoms with Crippen molar-refractivity contribution < 1.29 is 9.90 Å². The zero-order chi connectivity index (χ0) is 16.9. The van der Waals surface area contributed by atoms with Crippen molar-refractivity contribution in [1.82, 2.24) is 9.88 Å². The number of piperidine rings is 1. The second-order valence-corrected chi connectivity index (χ2v) is 7.43. The average Bonchev–Trinajstić information content (AvgIpc) is 2.96. The summed E-state index contributed by atoms with van der Waals surface area (Å²) in [5, 5.41) is 10.2. The van der Waals surface area contributed by atoms with Gasteiger partial charge in [-0.2, -0.15) is 0 Å². The Bertz CT molecular complexity index is 682. The Kier molecular flexibility index (Phi) is 5.63. The van der Waals surface area contributed by atoms with Gasteiger partial charge in [-0.15, -0.1) is 11.3 Å². The van der Waals surface area contributed by atoms with Crippen LogP contribution in [0.3, 0.4) is 0 Å². The minimum Gasteiger partial charge on any atom is -0.396 e. The number of aliphatic hydroxyl groups excluding tert-OH is 1. The van der Waals surface area contributed by atoms with E-state index in [1.165, 1.54) is 16.9 Å². The molecule has 4 nitrogen and oxygen atoms in total. The minimum atomic E-state index is 0.0856. The molecule has 0 saturated carbocycles. The number of rotatable bonds is 5. The molecule has 1 aliphatic heterocycles. The number of likely N-dealkylation sites (tertiary alicyclic amines) is 1. The van der Waals surface area contributed by atoms with Gasteiger partial charge in [0, 0.05) is 25.6 Å². The molecule has 0 bridgehead atoms. The summed E-state index contributed by atoms with van der Waals surface area (Å²) in [5.41, 5.74) is 2.03. The molecule has 3 rings (SSSR count). The number of hydrogen-bond acceptors (Lipinski definition) is 4. The lowest BCUT2D eigenvalue weighted by atomic mass is 9.99. The van der Waals surface area contributed by atoms with E-state index in [4.69, 9.17) is 0 Å². The van der Waals surface area contributed by atoms with E-state index in [0.29, 0.717) is 6.42 Å². The molecule has 5 heteroatoms. The number of carbonyl (C=O) groups excluding carboxylic acids is 1. The van der Waals surface area contributed by atoms with Crippen LogP contribution in [0.5, 0.6) is 0 Å². The smallest absolute Gasteiger partial charge is 0.266 e. The van der Waals surface area contributed by atoms with Crippen LogP contribution in [0, 0.1) is 6.92 Å². The van der Waals surface area contributed by atoms with E-state index in [2.05, 4.69) is 17.1 Å². The van der Waals surface area contributed by atoms with Crippen molar-refractivity contribution in [2.24, 2.45) is 0 Å². The molecule has 1 unspecified atom stereocenters. The van der Waals surface area contributed by atoms with Gasteiger partial charge < -0.3 is 10.0 Å². The predicted molar refractivity (Wildman–Crippen MR) is 96.5 cm³/mol. The molecular formula is C19H24N2O2S. The monoisotopic (exact) mass is 344 g/mol. The molecule has 1 aromatic carbocycles. The van der Waals surface area contributed by atoms with Crippen LogP contribution in [0.2, 0.25) is 0 Å². The Morgan fingerprint density at radius 2 is 2.12 bits per heavy atom. The largest absolute Gasteiger partial charge is 0.396 e. The first-order chi connectivity index (χ1) is 11.7. The summed E-state index contributed by atoms with van der Waals surface area (Å²) in [5.74, 6) is 0.0856. The van der Waals surface area contributed by atoms with Crippen molar-refractivity contribution in [1.29, 1.82) is 0 Å². The Balaban J connectivity index is 1.77.